The van der Waals surface area contributed by atoms with E-state index in [1.165, 1.54) is 23.3 Å². The molecule has 0 saturated carbocycles. The topological polar surface area (TPSA) is 58.6 Å². The molecule has 1 saturated heterocycles. The Morgan fingerprint density at radius 3 is 3.06 bits per heavy atom. The van der Waals surface area contributed by atoms with Crippen LogP contribution in [-0.4, -0.2) is 36.6 Å². The first-order valence-electron chi connectivity index (χ1n) is 5.41. The van der Waals surface area contributed by atoms with Crippen LogP contribution in [0.15, 0.2) is 17.5 Å². The van der Waals surface area contributed by atoms with Gasteiger partial charge in [-0.15, -0.1) is 11.3 Å². The number of hydrogen-bond acceptors (Lipinski definition) is 4. The molecular formula is C11H14N2O3S. The first-order valence-corrected chi connectivity index (χ1v) is 6.29. The predicted octanol–water partition coefficient (Wildman–Crippen LogP) is 1.92. The van der Waals surface area contributed by atoms with Gasteiger partial charge in [-0.3, -0.25) is 5.32 Å². The second-order valence-corrected chi connectivity index (χ2v) is 4.73. The molecule has 5 nitrogen and oxygen atoms in total. The van der Waals surface area contributed by atoms with Gasteiger partial charge in [-0.2, -0.15) is 0 Å². The average molecular weight is 254 g/mol. The van der Waals surface area contributed by atoms with Crippen molar-refractivity contribution in [2.45, 2.75) is 18.9 Å². The molecule has 92 valence electrons. The summed E-state index contributed by atoms with van der Waals surface area (Å²) in [6.07, 6.45) is 1.50. The lowest BCUT2D eigenvalue weighted by Gasteiger charge is -2.22. The van der Waals surface area contributed by atoms with E-state index in [0.29, 0.717) is 13.0 Å². The van der Waals surface area contributed by atoms with Crippen LogP contribution in [0.4, 0.5) is 9.80 Å². The van der Waals surface area contributed by atoms with E-state index in [9.17, 15) is 9.59 Å². The second-order valence-electron chi connectivity index (χ2n) is 3.78. The lowest BCUT2D eigenvalue weighted by Crippen LogP contribution is -2.43. The molecular weight excluding hydrogens is 240 g/mol. The van der Waals surface area contributed by atoms with Crippen molar-refractivity contribution in [3.63, 3.8) is 0 Å². The zero-order valence-corrected chi connectivity index (χ0v) is 10.3. The lowest BCUT2D eigenvalue weighted by atomic mass is 10.2. The summed E-state index contributed by atoms with van der Waals surface area (Å²) in [6, 6.07) is 3.01. The van der Waals surface area contributed by atoms with E-state index in [0.717, 1.165) is 11.4 Å². The van der Waals surface area contributed by atoms with Crippen molar-refractivity contribution in [2.75, 3.05) is 19.0 Å². The number of nitrogens with zero attached hydrogens (tertiary/aromatic N) is 1. The van der Waals surface area contributed by atoms with Crippen LogP contribution in [-0.2, 0) is 9.53 Å². The highest BCUT2D eigenvalue weighted by atomic mass is 32.1. The van der Waals surface area contributed by atoms with Crippen LogP contribution in [0.5, 0.6) is 0 Å². The Hall–Kier alpha value is -1.56. The van der Waals surface area contributed by atoms with Gasteiger partial charge in [-0.25, -0.2) is 9.59 Å². The fourth-order valence-corrected chi connectivity index (χ4v) is 2.52. The highest BCUT2D eigenvalue weighted by molar-refractivity contribution is 7.14. The van der Waals surface area contributed by atoms with Crippen molar-refractivity contribution >= 4 is 28.3 Å². The Bertz CT molecular complexity index is 405. The standard InChI is InChI=1S/C11H14N2O3S/c1-16-10(14)8-4-2-6-13(8)11(15)12-9-5-3-7-17-9/h3,5,7-8H,2,4,6H2,1H3,(H,12,15). The minimum atomic E-state index is -0.444. The smallest absolute Gasteiger partial charge is 0.328 e. The van der Waals surface area contributed by atoms with Gasteiger partial charge in [0.1, 0.15) is 6.04 Å². The third-order valence-electron chi connectivity index (χ3n) is 2.74. The number of ether oxygens (including phenoxy) is 1. The SMILES string of the molecule is COC(=O)C1CCCN1C(=O)Nc1cccs1. The van der Waals surface area contributed by atoms with Crippen molar-refractivity contribution < 1.29 is 14.3 Å². The number of carbonyl (C=O) groups excluding carboxylic acids is 2. The summed E-state index contributed by atoms with van der Waals surface area (Å²) in [7, 11) is 1.34. The maximum Gasteiger partial charge on any atom is 0.328 e. The van der Waals surface area contributed by atoms with Crippen LogP contribution in [0.1, 0.15) is 12.8 Å². The highest BCUT2D eigenvalue weighted by Crippen LogP contribution is 2.21. The summed E-state index contributed by atoms with van der Waals surface area (Å²) < 4.78 is 4.69. The van der Waals surface area contributed by atoms with Crippen LogP contribution in [0.3, 0.4) is 0 Å². The molecule has 1 fully saturated rings. The molecule has 1 N–H and O–H groups in total. The van der Waals surface area contributed by atoms with Gasteiger partial charge in [-0.05, 0) is 30.4 Å². The fraction of sp³-hybridized carbons (Fsp3) is 0.455. The lowest BCUT2D eigenvalue weighted by molar-refractivity contribution is -0.144. The van der Waals surface area contributed by atoms with Gasteiger partial charge in [0, 0.05) is 6.54 Å². The van der Waals surface area contributed by atoms with E-state index >= 15 is 0 Å². The van der Waals surface area contributed by atoms with E-state index in [2.05, 4.69) is 5.32 Å². The Morgan fingerprint density at radius 2 is 2.41 bits per heavy atom. The zero-order valence-electron chi connectivity index (χ0n) is 9.51. The van der Waals surface area contributed by atoms with Crippen LogP contribution in [0, 0.1) is 0 Å². The Balaban J connectivity index is 2.01. The van der Waals surface area contributed by atoms with Crippen molar-refractivity contribution in [1.29, 1.82) is 0 Å². The molecule has 1 unspecified atom stereocenters. The number of hydrogen-bond donors (Lipinski definition) is 1. The van der Waals surface area contributed by atoms with E-state index in [1.807, 2.05) is 17.5 Å². The Morgan fingerprint density at radius 1 is 1.59 bits per heavy atom. The molecule has 2 amide bonds. The van der Waals surface area contributed by atoms with Crippen molar-refractivity contribution in [3.05, 3.63) is 17.5 Å². The molecule has 0 bridgehead atoms. The Kier molecular flexibility index (Phi) is 3.63. The quantitative estimate of drug-likeness (QED) is 0.820. The second kappa shape index (κ2) is 5.18. The number of urea groups is 1. The number of thiophene rings is 1. The van der Waals surface area contributed by atoms with Crippen molar-refractivity contribution in [1.82, 2.24) is 4.90 Å². The molecule has 17 heavy (non-hydrogen) atoms. The molecule has 0 aliphatic carbocycles. The summed E-state index contributed by atoms with van der Waals surface area (Å²) in [5, 5.41) is 5.44. The number of amides is 2. The van der Waals surface area contributed by atoms with Gasteiger partial charge < -0.3 is 9.64 Å². The van der Waals surface area contributed by atoms with Crippen LogP contribution < -0.4 is 5.32 Å². The van der Waals surface area contributed by atoms with Crippen molar-refractivity contribution in [3.8, 4) is 0 Å². The molecule has 2 rings (SSSR count). The highest BCUT2D eigenvalue weighted by Gasteiger charge is 2.34. The van der Waals surface area contributed by atoms with E-state index in [4.69, 9.17) is 4.74 Å². The van der Waals surface area contributed by atoms with E-state index in [1.54, 1.807) is 0 Å². The fourth-order valence-electron chi connectivity index (χ4n) is 1.92. The van der Waals surface area contributed by atoms with E-state index in [-0.39, 0.29) is 12.0 Å². The molecule has 1 aromatic rings. The maximum atomic E-state index is 12.0. The summed E-state index contributed by atoms with van der Waals surface area (Å²) in [5.41, 5.74) is 0. The van der Waals surface area contributed by atoms with Crippen LogP contribution in [0.25, 0.3) is 0 Å². The minimum Gasteiger partial charge on any atom is -0.467 e. The number of carbonyl (C=O) groups is 2. The first kappa shape index (κ1) is 11.9. The van der Waals surface area contributed by atoms with Gasteiger partial charge in [0.15, 0.2) is 0 Å². The summed E-state index contributed by atoms with van der Waals surface area (Å²) in [5.74, 6) is -0.344. The molecule has 0 spiro atoms. The zero-order chi connectivity index (χ0) is 12.3. The Labute approximate surface area is 103 Å². The molecule has 6 heteroatoms. The molecule has 2 heterocycles. The molecule has 1 aliphatic heterocycles. The molecule has 0 aromatic carbocycles. The molecule has 1 aromatic heterocycles. The monoisotopic (exact) mass is 254 g/mol. The summed E-state index contributed by atoms with van der Waals surface area (Å²) in [6.45, 7) is 0.594. The third-order valence-corrected chi connectivity index (χ3v) is 3.52. The number of nitrogens with one attached hydrogen (secondary N) is 1. The van der Waals surface area contributed by atoms with E-state index < -0.39 is 6.04 Å². The molecule has 1 aliphatic rings. The number of methoxy groups -OCH3 is 1. The van der Waals surface area contributed by atoms with Crippen LogP contribution >= 0.6 is 11.3 Å². The number of likely N-dealkylation sites (tertiary alicyclic amines) is 1. The van der Waals surface area contributed by atoms with Gasteiger partial charge in [0.05, 0.1) is 12.1 Å². The third kappa shape index (κ3) is 2.58. The van der Waals surface area contributed by atoms with Gasteiger partial charge in [0.2, 0.25) is 0 Å². The number of esters is 1. The van der Waals surface area contributed by atoms with Crippen molar-refractivity contribution in [2.24, 2.45) is 0 Å². The summed E-state index contributed by atoms with van der Waals surface area (Å²) >= 11 is 1.45. The maximum absolute atomic E-state index is 12.0. The largest absolute Gasteiger partial charge is 0.467 e. The van der Waals surface area contributed by atoms with Gasteiger partial charge in [-0.1, -0.05) is 0 Å². The average Bonchev–Trinajstić information content (AvgIpc) is 2.97. The minimum absolute atomic E-state index is 0.236. The predicted molar refractivity (Wildman–Crippen MR) is 65.1 cm³/mol. The summed E-state index contributed by atoms with van der Waals surface area (Å²) in [4.78, 5) is 25.0. The molecule has 1 atom stereocenters. The first-order chi connectivity index (χ1) is 8.22. The number of rotatable bonds is 2. The normalized spacial score (nSPS) is 19.1. The number of anilines is 1. The van der Waals surface area contributed by atoms with Gasteiger partial charge in [0.25, 0.3) is 0 Å². The molecule has 0 radical (unpaired) electrons. The van der Waals surface area contributed by atoms with Crippen LogP contribution in [0.2, 0.25) is 0 Å². The van der Waals surface area contributed by atoms with Gasteiger partial charge >= 0.3 is 12.0 Å².